The van der Waals surface area contributed by atoms with E-state index in [-0.39, 0.29) is 11.8 Å². The summed E-state index contributed by atoms with van der Waals surface area (Å²) in [5.41, 5.74) is 3.26. The maximum atomic E-state index is 12.7. The summed E-state index contributed by atoms with van der Waals surface area (Å²) in [4.78, 5) is 29.7. The van der Waals surface area contributed by atoms with Crippen molar-refractivity contribution in [3.05, 3.63) is 76.8 Å². The minimum atomic E-state index is -0.319. The summed E-state index contributed by atoms with van der Waals surface area (Å²) in [7, 11) is 0. The van der Waals surface area contributed by atoms with E-state index in [1.807, 2.05) is 49.4 Å². The molecule has 1 aliphatic heterocycles. The van der Waals surface area contributed by atoms with Crippen molar-refractivity contribution in [2.24, 2.45) is 0 Å². The monoisotopic (exact) mass is 401 g/mol. The third-order valence-electron chi connectivity index (χ3n) is 4.57. The van der Waals surface area contributed by atoms with Gasteiger partial charge < -0.3 is 15.4 Å². The third-order valence-corrected chi connectivity index (χ3v) is 5.61. The Morgan fingerprint density at radius 1 is 1.07 bits per heavy atom. The van der Waals surface area contributed by atoms with Crippen LogP contribution in [0, 0.1) is 6.92 Å². The van der Waals surface area contributed by atoms with Crippen molar-refractivity contribution in [3.63, 3.8) is 0 Å². The zero-order chi connectivity index (χ0) is 20.0. The smallest absolute Gasteiger partial charge is 0.284 e. The molecule has 2 amide bonds. The lowest BCUT2D eigenvalue weighted by atomic mass is 10.1. The number of rotatable bonds is 2. The van der Waals surface area contributed by atoms with Crippen LogP contribution in [0.1, 0.15) is 25.7 Å². The molecule has 3 aromatic carbocycles. The van der Waals surface area contributed by atoms with E-state index >= 15 is 0 Å². The second-order valence-corrected chi connectivity index (χ2v) is 7.74. The molecule has 0 radical (unpaired) electrons. The molecule has 29 heavy (non-hydrogen) atoms. The molecular weight excluding hydrogens is 386 g/mol. The Balaban J connectivity index is 1.43. The van der Waals surface area contributed by atoms with Gasteiger partial charge in [0, 0.05) is 5.69 Å². The minimum Gasteiger partial charge on any atom is -0.454 e. The van der Waals surface area contributed by atoms with Crippen LogP contribution in [0.5, 0.6) is 11.5 Å². The van der Waals surface area contributed by atoms with Crippen molar-refractivity contribution in [1.29, 1.82) is 0 Å². The fourth-order valence-electron chi connectivity index (χ4n) is 3.17. The van der Waals surface area contributed by atoms with Crippen LogP contribution in [-0.2, 0) is 0 Å². The number of amides is 2. The standard InChI is InChI=1S/C22H15N3O3S/c1-12-6-8-18-16(10-12)24-20(26)14-11-13(7-9-17(14)28-18)23-21(27)22-25-15-4-2-3-5-19(15)29-22/h2-11H,1H3,(H,23,27)(H,24,26). The largest absolute Gasteiger partial charge is 0.454 e. The molecule has 0 unspecified atom stereocenters. The number of ether oxygens (including phenoxy) is 1. The Hall–Kier alpha value is -3.71. The quantitative estimate of drug-likeness (QED) is 0.483. The van der Waals surface area contributed by atoms with Crippen LogP contribution in [0.3, 0.4) is 0 Å². The molecule has 2 N–H and O–H groups in total. The third kappa shape index (κ3) is 3.21. The van der Waals surface area contributed by atoms with E-state index in [1.54, 1.807) is 18.2 Å². The van der Waals surface area contributed by atoms with Gasteiger partial charge in [0.05, 0.1) is 21.5 Å². The highest BCUT2D eigenvalue weighted by Crippen LogP contribution is 2.37. The lowest BCUT2D eigenvalue weighted by molar-refractivity contribution is 0.101. The lowest BCUT2D eigenvalue weighted by Gasteiger charge is -2.09. The van der Waals surface area contributed by atoms with Crippen molar-refractivity contribution in [2.45, 2.75) is 6.92 Å². The van der Waals surface area contributed by atoms with Gasteiger partial charge in [-0.05, 0) is 55.0 Å². The topological polar surface area (TPSA) is 80.3 Å². The van der Waals surface area contributed by atoms with Crippen molar-refractivity contribution in [1.82, 2.24) is 4.98 Å². The van der Waals surface area contributed by atoms with Crippen LogP contribution in [0.4, 0.5) is 11.4 Å². The molecule has 142 valence electrons. The van der Waals surface area contributed by atoms with Crippen molar-refractivity contribution < 1.29 is 14.3 Å². The van der Waals surface area contributed by atoms with E-state index < -0.39 is 0 Å². The molecule has 0 spiro atoms. The number of para-hydroxylation sites is 1. The molecule has 0 saturated heterocycles. The van der Waals surface area contributed by atoms with Gasteiger partial charge in [-0.25, -0.2) is 4.98 Å². The predicted molar refractivity (Wildman–Crippen MR) is 113 cm³/mol. The first kappa shape index (κ1) is 17.4. The lowest BCUT2D eigenvalue weighted by Crippen LogP contribution is -2.14. The highest BCUT2D eigenvalue weighted by atomic mass is 32.1. The van der Waals surface area contributed by atoms with E-state index in [2.05, 4.69) is 15.6 Å². The van der Waals surface area contributed by atoms with Crippen LogP contribution in [0.15, 0.2) is 60.7 Å². The fourth-order valence-corrected chi connectivity index (χ4v) is 4.03. The first-order valence-electron chi connectivity index (χ1n) is 8.98. The number of carbonyl (C=O) groups excluding carboxylic acids is 2. The number of aryl methyl sites for hydroxylation is 1. The summed E-state index contributed by atoms with van der Waals surface area (Å²) in [5.74, 6) is 0.400. The molecule has 0 atom stereocenters. The fraction of sp³-hybridized carbons (Fsp3) is 0.0455. The molecule has 1 aromatic heterocycles. The Kier molecular flexibility index (Phi) is 4.03. The first-order valence-corrected chi connectivity index (χ1v) is 9.79. The van der Waals surface area contributed by atoms with E-state index in [1.165, 1.54) is 11.3 Å². The number of fused-ring (bicyclic) bond motifs is 3. The molecule has 4 aromatic rings. The summed E-state index contributed by atoms with van der Waals surface area (Å²) in [6.45, 7) is 1.94. The summed E-state index contributed by atoms with van der Waals surface area (Å²) in [5, 5.41) is 6.04. The average Bonchev–Trinajstić information content (AvgIpc) is 3.10. The number of hydrogen-bond acceptors (Lipinski definition) is 5. The molecule has 0 saturated carbocycles. The molecule has 0 aliphatic carbocycles. The minimum absolute atomic E-state index is 0.291. The van der Waals surface area contributed by atoms with Crippen molar-refractivity contribution >= 4 is 44.7 Å². The van der Waals surface area contributed by atoms with Gasteiger partial charge in [-0.3, -0.25) is 9.59 Å². The molecule has 1 aliphatic rings. The zero-order valence-corrected chi connectivity index (χ0v) is 16.2. The Bertz CT molecular complexity index is 1260. The van der Waals surface area contributed by atoms with Gasteiger partial charge in [0.25, 0.3) is 11.8 Å². The number of anilines is 2. The Morgan fingerprint density at radius 2 is 1.90 bits per heavy atom. The van der Waals surface area contributed by atoms with E-state index in [4.69, 9.17) is 4.74 Å². The highest BCUT2D eigenvalue weighted by Gasteiger charge is 2.22. The van der Waals surface area contributed by atoms with Gasteiger partial charge >= 0.3 is 0 Å². The van der Waals surface area contributed by atoms with E-state index in [0.29, 0.717) is 33.4 Å². The molecule has 7 heteroatoms. The predicted octanol–water partition coefficient (Wildman–Crippen LogP) is 5.22. The SMILES string of the molecule is Cc1ccc2c(c1)NC(=O)c1cc(NC(=O)c3nc4ccccc4s3)ccc1O2. The van der Waals surface area contributed by atoms with Crippen LogP contribution in [0.2, 0.25) is 0 Å². The summed E-state index contributed by atoms with van der Waals surface area (Å²) in [6, 6.07) is 18.2. The molecular formula is C22H15N3O3S. The van der Waals surface area contributed by atoms with Crippen LogP contribution in [-0.4, -0.2) is 16.8 Å². The normalized spacial score (nSPS) is 12.4. The number of aromatic nitrogens is 1. The molecule has 0 fully saturated rings. The van der Waals surface area contributed by atoms with Gasteiger partial charge in [0.2, 0.25) is 0 Å². The number of hydrogen-bond donors (Lipinski definition) is 2. The van der Waals surface area contributed by atoms with E-state index in [0.717, 1.165) is 15.8 Å². The maximum absolute atomic E-state index is 12.7. The number of benzene rings is 3. The van der Waals surface area contributed by atoms with Crippen molar-refractivity contribution in [2.75, 3.05) is 10.6 Å². The van der Waals surface area contributed by atoms with Crippen LogP contribution < -0.4 is 15.4 Å². The van der Waals surface area contributed by atoms with Crippen LogP contribution >= 0.6 is 11.3 Å². The van der Waals surface area contributed by atoms with Gasteiger partial charge in [-0.2, -0.15) is 0 Å². The number of thiazole rings is 1. The van der Waals surface area contributed by atoms with Crippen molar-refractivity contribution in [3.8, 4) is 11.5 Å². The number of nitrogens with zero attached hydrogens (tertiary/aromatic N) is 1. The Morgan fingerprint density at radius 3 is 2.76 bits per heavy atom. The van der Waals surface area contributed by atoms with Gasteiger partial charge in [-0.15, -0.1) is 11.3 Å². The summed E-state index contributed by atoms with van der Waals surface area (Å²) in [6.07, 6.45) is 0. The average molecular weight is 401 g/mol. The second kappa shape index (κ2) is 6.72. The number of carbonyl (C=O) groups is 2. The zero-order valence-electron chi connectivity index (χ0n) is 15.4. The van der Waals surface area contributed by atoms with E-state index in [9.17, 15) is 9.59 Å². The van der Waals surface area contributed by atoms with Gasteiger partial charge in [-0.1, -0.05) is 18.2 Å². The first-order chi connectivity index (χ1) is 14.1. The Labute approximate surface area is 170 Å². The molecule has 5 rings (SSSR count). The molecule has 6 nitrogen and oxygen atoms in total. The summed E-state index contributed by atoms with van der Waals surface area (Å²) < 4.78 is 6.85. The van der Waals surface area contributed by atoms with Crippen LogP contribution in [0.25, 0.3) is 10.2 Å². The summed E-state index contributed by atoms with van der Waals surface area (Å²) >= 11 is 1.32. The van der Waals surface area contributed by atoms with Gasteiger partial charge in [0.15, 0.2) is 10.8 Å². The number of nitrogens with one attached hydrogen (secondary N) is 2. The molecule has 0 bridgehead atoms. The second-order valence-electron chi connectivity index (χ2n) is 6.71. The highest BCUT2D eigenvalue weighted by molar-refractivity contribution is 7.20. The van der Waals surface area contributed by atoms with Gasteiger partial charge in [0.1, 0.15) is 5.75 Å². The maximum Gasteiger partial charge on any atom is 0.284 e. The molecule has 2 heterocycles.